The molecule has 0 bridgehead atoms. The van der Waals surface area contributed by atoms with Crippen molar-refractivity contribution < 1.29 is 14.3 Å². The van der Waals surface area contributed by atoms with Crippen LogP contribution in [0.4, 0.5) is 0 Å². The highest BCUT2D eigenvalue weighted by Gasteiger charge is 2.07. The van der Waals surface area contributed by atoms with Crippen molar-refractivity contribution in [2.45, 2.75) is 19.3 Å². The molecular formula is C28H24N2O3. The number of hydrogen-bond donors (Lipinski definition) is 1. The Bertz CT molecular complexity index is 1260. The average Bonchev–Trinajstić information content (AvgIpc) is 2.85. The molecule has 164 valence electrons. The standard InChI is InChI=1S/C28H24N2O3/c31-27(19-24-11-6-10-23-9-4-5-12-26(23)24)30-29-20-22-13-16-25(17-14-22)33-28(32)18-15-21-7-2-1-3-8-21/h1-14,16-17,20H,15,18-19H2,(H,30,31). The van der Waals surface area contributed by atoms with E-state index in [2.05, 4.69) is 10.5 Å². The number of rotatable bonds is 8. The average molecular weight is 437 g/mol. The van der Waals surface area contributed by atoms with Crippen LogP contribution < -0.4 is 10.2 Å². The van der Waals surface area contributed by atoms with Crippen molar-refractivity contribution in [1.82, 2.24) is 5.43 Å². The number of nitrogens with one attached hydrogen (secondary N) is 1. The Balaban J connectivity index is 1.25. The van der Waals surface area contributed by atoms with Crippen molar-refractivity contribution in [3.05, 3.63) is 114 Å². The SMILES string of the molecule is O=C(Cc1cccc2ccccc12)NN=Cc1ccc(OC(=O)CCc2ccccc2)cc1. The molecular weight excluding hydrogens is 412 g/mol. The minimum Gasteiger partial charge on any atom is -0.427 e. The molecule has 0 aliphatic carbocycles. The van der Waals surface area contributed by atoms with E-state index in [9.17, 15) is 9.59 Å². The molecule has 0 aliphatic rings. The van der Waals surface area contributed by atoms with E-state index in [-0.39, 0.29) is 18.3 Å². The van der Waals surface area contributed by atoms with E-state index in [1.165, 1.54) is 0 Å². The van der Waals surface area contributed by atoms with Crippen LogP contribution in [0.2, 0.25) is 0 Å². The van der Waals surface area contributed by atoms with Gasteiger partial charge in [-0.3, -0.25) is 9.59 Å². The largest absolute Gasteiger partial charge is 0.427 e. The summed E-state index contributed by atoms with van der Waals surface area (Å²) in [6.45, 7) is 0. The van der Waals surface area contributed by atoms with Crippen molar-refractivity contribution in [3.8, 4) is 5.75 Å². The molecule has 4 rings (SSSR count). The molecule has 0 aliphatic heterocycles. The number of hydrazone groups is 1. The first kappa shape index (κ1) is 22.0. The molecule has 0 radical (unpaired) electrons. The van der Waals surface area contributed by atoms with Gasteiger partial charge in [0.2, 0.25) is 5.91 Å². The molecule has 1 N–H and O–H groups in total. The second-order valence-corrected chi connectivity index (χ2v) is 7.64. The Morgan fingerprint density at radius 3 is 2.36 bits per heavy atom. The fourth-order valence-electron chi connectivity index (χ4n) is 3.53. The van der Waals surface area contributed by atoms with Crippen LogP contribution in [0.1, 0.15) is 23.1 Å². The maximum absolute atomic E-state index is 12.3. The Labute approximate surface area is 192 Å². The van der Waals surface area contributed by atoms with Gasteiger partial charge >= 0.3 is 5.97 Å². The number of amides is 1. The highest BCUT2D eigenvalue weighted by atomic mass is 16.5. The zero-order chi connectivity index (χ0) is 22.9. The minimum atomic E-state index is -0.277. The molecule has 0 aromatic heterocycles. The Kier molecular flexibility index (Phi) is 7.23. The van der Waals surface area contributed by atoms with Gasteiger partial charge < -0.3 is 4.74 Å². The molecule has 0 heterocycles. The second-order valence-electron chi connectivity index (χ2n) is 7.64. The molecule has 0 unspecified atom stereocenters. The number of benzene rings is 4. The first-order valence-corrected chi connectivity index (χ1v) is 10.8. The number of esters is 1. The lowest BCUT2D eigenvalue weighted by Crippen LogP contribution is -2.19. The molecule has 5 nitrogen and oxygen atoms in total. The van der Waals surface area contributed by atoms with Crippen LogP contribution in [-0.2, 0) is 22.4 Å². The summed E-state index contributed by atoms with van der Waals surface area (Å²) in [6, 6.07) is 30.7. The topological polar surface area (TPSA) is 67.8 Å². The van der Waals surface area contributed by atoms with E-state index in [1.807, 2.05) is 72.8 Å². The molecule has 0 spiro atoms. The van der Waals surface area contributed by atoms with Crippen molar-refractivity contribution in [2.75, 3.05) is 0 Å². The quantitative estimate of drug-likeness (QED) is 0.181. The number of carbonyl (C=O) groups excluding carboxylic acids is 2. The minimum absolute atomic E-state index is 0.188. The summed E-state index contributed by atoms with van der Waals surface area (Å²) in [6.07, 6.45) is 2.76. The van der Waals surface area contributed by atoms with Crippen LogP contribution in [0.3, 0.4) is 0 Å². The highest BCUT2D eigenvalue weighted by molar-refractivity contribution is 5.90. The van der Waals surface area contributed by atoms with E-state index in [0.29, 0.717) is 18.6 Å². The number of hydrogen-bond acceptors (Lipinski definition) is 4. The van der Waals surface area contributed by atoms with Gasteiger partial charge in [0.05, 0.1) is 12.6 Å². The van der Waals surface area contributed by atoms with Crippen molar-refractivity contribution >= 4 is 28.9 Å². The van der Waals surface area contributed by atoms with E-state index in [0.717, 1.165) is 27.5 Å². The first-order chi connectivity index (χ1) is 16.2. The fraction of sp³-hybridized carbons (Fsp3) is 0.107. The number of carbonyl (C=O) groups is 2. The lowest BCUT2D eigenvalue weighted by molar-refractivity contribution is -0.134. The second kappa shape index (κ2) is 10.9. The Morgan fingerprint density at radius 1 is 0.818 bits per heavy atom. The van der Waals surface area contributed by atoms with Crippen LogP contribution in [0.15, 0.2) is 102 Å². The van der Waals surface area contributed by atoms with Crippen LogP contribution >= 0.6 is 0 Å². The summed E-state index contributed by atoms with van der Waals surface area (Å²) >= 11 is 0. The smallest absolute Gasteiger partial charge is 0.311 e. The van der Waals surface area contributed by atoms with E-state index >= 15 is 0 Å². The number of aryl methyl sites for hydroxylation is 1. The van der Waals surface area contributed by atoms with Gasteiger partial charge in [-0.2, -0.15) is 5.10 Å². The van der Waals surface area contributed by atoms with E-state index in [4.69, 9.17) is 4.74 Å². The summed E-state index contributed by atoms with van der Waals surface area (Å²) in [4.78, 5) is 24.4. The van der Waals surface area contributed by atoms with Crippen molar-refractivity contribution in [1.29, 1.82) is 0 Å². The maximum atomic E-state index is 12.3. The molecule has 0 saturated carbocycles. The van der Waals surface area contributed by atoms with Gasteiger partial charge in [-0.05, 0) is 58.1 Å². The molecule has 0 fully saturated rings. The van der Waals surface area contributed by atoms with E-state index < -0.39 is 0 Å². The lowest BCUT2D eigenvalue weighted by Gasteiger charge is -2.06. The van der Waals surface area contributed by atoms with Gasteiger partial charge in [-0.15, -0.1) is 0 Å². The first-order valence-electron chi connectivity index (χ1n) is 10.8. The summed E-state index contributed by atoms with van der Waals surface area (Å²) in [5.74, 6) is 0.0118. The summed E-state index contributed by atoms with van der Waals surface area (Å²) in [5, 5.41) is 6.21. The monoisotopic (exact) mass is 436 g/mol. The van der Waals surface area contributed by atoms with Crippen LogP contribution in [0.5, 0.6) is 5.75 Å². The van der Waals surface area contributed by atoms with Gasteiger partial charge in [-0.1, -0.05) is 72.8 Å². The molecule has 0 saturated heterocycles. The molecule has 4 aromatic carbocycles. The Morgan fingerprint density at radius 2 is 1.55 bits per heavy atom. The van der Waals surface area contributed by atoms with Gasteiger partial charge in [0.25, 0.3) is 0 Å². The molecule has 1 amide bonds. The zero-order valence-electron chi connectivity index (χ0n) is 18.1. The summed E-state index contributed by atoms with van der Waals surface area (Å²) in [7, 11) is 0. The third-order valence-electron chi connectivity index (χ3n) is 5.21. The third-order valence-corrected chi connectivity index (χ3v) is 5.21. The molecule has 33 heavy (non-hydrogen) atoms. The number of ether oxygens (including phenoxy) is 1. The van der Waals surface area contributed by atoms with Gasteiger partial charge in [-0.25, -0.2) is 5.43 Å². The lowest BCUT2D eigenvalue weighted by atomic mass is 10.0. The zero-order valence-corrected chi connectivity index (χ0v) is 18.1. The third kappa shape index (κ3) is 6.37. The van der Waals surface area contributed by atoms with Crippen LogP contribution in [0.25, 0.3) is 10.8 Å². The summed E-state index contributed by atoms with van der Waals surface area (Å²) in [5.41, 5.74) is 5.41. The fourth-order valence-corrected chi connectivity index (χ4v) is 3.53. The number of nitrogens with zero attached hydrogens (tertiary/aromatic N) is 1. The van der Waals surface area contributed by atoms with Crippen LogP contribution in [-0.4, -0.2) is 18.1 Å². The van der Waals surface area contributed by atoms with Gasteiger partial charge in [0, 0.05) is 6.42 Å². The molecule has 4 aromatic rings. The normalized spacial score (nSPS) is 10.9. The highest BCUT2D eigenvalue weighted by Crippen LogP contribution is 2.19. The van der Waals surface area contributed by atoms with Gasteiger partial charge in [0.1, 0.15) is 5.75 Å². The predicted octanol–water partition coefficient (Wildman–Crippen LogP) is 5.07. The van der Waals surface area contributed by atoms with Crippen molar-refractivity contribution in [3.63, 3.8) is 0 Å². The molecule has 0 atom stereocenters. The van der Waals surface area contributed by atoms with Gasteiger partial charge in [0.15, 0.2) is 0 Å². The summed E-state index contributed by atoms with van der Waals surface area (Å²) < 4.78 is 5.38. The molecule has 5 heteroatoms. The van der Waals surface area contributed by atoms with Crippen molar-refractivity contribution in [2.24, 2.45) is 5.10 Å². The predicted molar refractivity (Wildman–Crippen MR) is 130 cm³/mol. The maximum Gasteiger partial charge on any atom is 0.311 e. The van der Waals surface area contributed by atoms with E-state index in [1.54, 1.807) is 30.5 Å². The number of fused-ring (bicyclic) bond motifs is 1. The van der Waals surface area contributed by atoms with Crippen LogP contribution in [0, 0.1) is 0 Å². The Hall–Kier alpha value is -4.25.